The molecule has 0 bridgehead atoms. The van der Waals surface area contributed by atoms with Gasteiger partial charge in [-0.2, -0.15) is 0 Å². The van der Waals surface area contributed by atoms with Gasteiger partial charge < -0.3 is 9.73 Å². The van der Waals surface area contributed by atoms with Crippen LogP contribution < -0.4 is 5.32 Å². The molecule has 0 aliphatic carbocycles. The molecule has 86 valence electrons. The molecule has 2 rings (SSSR count). The normalized spacial score (nSPS) is 10.6. The largest absolute Gasteiger partial charge is 0.445 e. The van der Waals surface area contributed by atoms with Gasteiger partial charge in [0.25, 0.3) is 0 Å². The summed E-state index contributed by atoms with van der Waals surface area (Å²) in [7, 11) is 1.89. The van der Waals surface area contributed by atoms with Crippen LogP contribution in [0.5, 0.6) is 0 Å². The van der Waals surface area contributed by atoms with Gasteiger partial charge in [-0.3, -0.25) is 0 Å². The fraction of sp³-hybridized carbons (Fsp3) is 0.0714. The Labute approximate surface area is 100 Å². The minimum absolute atomic E-state index is 0.589. The highest BCUT2D eigenvalue weighted by molar-refractivity contribution is 5.80. The van der Waals surface area contributed by atoms with E-state index in [1.165, 1.54) is 0 Å². The Morgan fingerprint density at radius 2 is 2.24 bits per heavy atom. The third kappa shape index (κ3) is 2.45. The standard InChI is InChI=1S/C14H14N2O/c1-3-11-5-4-6-13(15-2)12(11)7-8-14-16-9-10-17-14/h3-10,15H,1H2,2H3/b8-7+. The second-order valence-electron chi connectivity index (χ2n) is 3.47. The van der Waals surface area contributed by atoms with Crippen molar-refractivity contribution in [3.05, 3.63) is 54.3 Å². The van der Waals surface area contributed by atoms with E-state index < -0.39 is 0 Å². The first-order chi connectivity index (χ1) is 8.35. The number of oxazole rings is 1. The highest BCUT2D eigenvalue weighted by Gasteiger charge is 2.01. The van der Waals surface area contributed by atoms with Gasteiger partial charge in [-0.25, -0.2) is 4.98 Å². The Bertz CT molecular complexity index is 527. The molecular formula is C14H14N2O. The highest BCUT2D eigenvalue weighted by Crippen LogP contribution is 2.23. The molecule has 1 aromatic heterocycles. The van der Waals surface area contributed by atoms with Gasteiger partial charge in [0.2, 0.25) is 5.89 Å². The first-order valence-electron chi connectivity index (χ1n) is 5.36. The summed E-state index contributed by atoms with van der Waals surface area (Å²) < 4.78 is 5.16. The minimum atomic E-state index is 0.589. The van der Waals surface area contributed by atoms with E-state index in [1.807, 2.05) is 43.5 Å². The van der Waals surface area contributed by atoms with Gasteiger partial charge in [0, 0.05) is 24.4 Å². The smallest absolute Gasteiger partial charge is 0.218 e. The van der Waals surface area contributed by atoms with Crippen LogP contribution in [0.3, 0.4) is 0 Å². The molecule has 0 aliphatic rings. The third-order valence-electron chi connectivity index (χ3n) is 2.47. The van der Waals surface area contributed by atoms with E-state index in [9.17, 15) is 0 Å². The topological polar surface area (TPSA) is 38.1 Å². The van der Waals surface area contributed by atoms with E-state index in [0.29, 0.717) is 5.89 Å². The van der Waals surface area contributed by atoms with E-state index in [-0.39, 0.29) is 0 Å². The van der Waals surface area contributed by atoms with Crippen LogP contribution in [0.4, 0.5) is 5.69 Å². The lowest BCUT2D eigenvalue weighted by atomic mass is 10.0. The molecule has 0 radical (unpaired) electrons. The molecule has 0 atom stereocenters. The molecule has 1 aromatic carbocycles. The molecule has 0 spiro atoms. The first kappa shape index (κ1) is 11.2. The molecule has 1 N–H and O–H groups in total. The number of nitrogens with zero attached hydrogens (tertiary/aromatic N) is 1. The summed E-state index contributed by atoms with van der Waals surface area (Å²) in [4.78, 5) is 4.04. The molecule has 3 heteroatoms. The molecule has 3 nitrogen and oxygen atoms in total. The predicted molar refractivity (Wildman–Crippen MR) is 71.5 cm³/mol. The fourth-order valence-corrected chi connectivity index (χ4v) is 1.64. The van der Waals surface area contributed by atoms with Crippen LogP contribution in [0.25, 0.3) is 18.2 Å². The second kappa shape index (κ2) is 5.16. The molecule has 2 aromatic rings. The van der Waals surface area contributed by atoms with Crippen molar-refractivity contribution < 1.29 is 4.42 Å². The predicted octanol–water partition coefficient (Wildman–Crippen LogP) is 3.53. The summed E-state index contributed by atoms with van der Waals surface area (Å²) in [5.74, 6) is 0.589. The van der Waals surface area contributed by atoms with Crippen molar-refractivity contribution >= 4 is 23.9 Å². The fourth-order valence-electron chi connectivity index (χ4n) is 1.64. The summed E-state index contributed by atoms with van der Waals surface area (Å²) in [5, 5.41) is 3.15. The lowest BCUT2D eigenvalue weighted by Gasteiger charge is -2.08. The Kier molecular flexibility index (Phi) is 3.40. The Hall–Kier alpha value is -2.29. The number of hydrogen-bond acceptors (Lipinski definition) is 3. The maximum Gasteiger partial charge on any atom is 0.218 e. The van der Waals surface area contributed by atoms with Crippen molar-refractivity contribution in [2.24, 2.45) is 0 Å². The van der Waals surface area contributed by atoms with E-state index in [0.717, 1.165) is 16.8 Å². The number of aromatic nitrogens is 1. The lowest BCUT2D eigenvalue weighted by Crippen LogP contribution is -1.93. The molecular weight excluding hydrogens is 212 g/mol. The van der Waals surface area contributed by atoms with Gasteiger partial charge in [-0.1, -0.05) is 24.8 Å². The third-order valence-corrected chi connectivity index (χ3v) is 2.47. The summed E-state index contributed by atoms with van der Waals surface area (Å²) in [5.41, 5.74) is 3.19. The number of benzene rings is 1. The van der Waals surface area contributed by atoms with Crippen molar-refractivity contribution in [1.29, 1.82) is 0 Å². The van der Waals surface area contributed by atoms with Crippen LogP contribution >= 0.6 is 0 Å². The quantitative estimate of drug-likeness (QED) is 0.866. The number of hydrogen-bond donors (Lipinski definition) is 1. The molecule has 0 aliphatic heterocycles. The van der Waals surface area contributed by atoms with Gasteiger partial charge in [-0.05, 0) is 17.7 Å². The second-order valence-corrected chi connectivity index (χ2v) is 3.47. The van der Waals surface area contributed by atoms with Gasteiger partial charge >= 0.3 is 0 Å². The molecule has 0 amide bonds. The van der Waals surface area contributed by atoms with Crippen LogP contribution in [-0.2, 0) is 0 Å². The van der Waals surface area contributed by atoms with Crippen LogP contribution in [0, 0.1) is 0 Å². The Balaban J connectivity index is 2.39. The maximum absolute atomic E-state index is 5.16. The van der Waals surface area contributed by atoms with E-state index in [2.05, 4.69) is 16.9 Å². The minimum Gasteiger partial charge on any atom is -0.445 e. The summed E-state index contributed by atoms with van der Waals surface area (Å²) in [6.45, 7) is 3.81. The van der Waals surface area contributed by atoms with Crippen molar-refractivity contribution in [3.8, 4) is 0 Å². The van der Waals surface area contributed by atoms with E-state index >= 15 is 0 Å². The molecule has 0 fully saturated rings. The van der Waals surface area contributed by atoms with Crippen molar-refractivity contribution in [3.63, 3.8) is 0 Å². The molecule has 0 saturated heterocycles. The highest BCUT2D eigenvalue weighted by atomic mass is 16.3. The maximum atomic E-state index is 5.16. The Morgan fingerprint density at radius 1 is 1.35 bits per heavy atom. The van der Waals surface area contributed by atoms with Crippen LogP contribution in [0.15, 0.2) is 41.7 Å². The average molecular weight is 226 g/mol. The zero-order valence-electron chi connectivity index (χ0n) is 9.68. The summed E-state index contributed by atoms with van der Waals surface area (Å²) >= 11 is 0. The van der Waals surface area contributed by atoms with Crippen molar-refractivity contribution in [1.82, 2.24) is 4.98 Å². The number of anilines is 1. The van der Waals surface area contributed by atoms with Gasteiger partial charge in [0.15, 0.2) is 0 Å². The zero-order valence-corrected chi connectivity index (χ0v) is 9.68. The SMILES string of the molecule is C=Cc1cccc(NC)c1/C=C/c1ncco1. The molecule has 17 heavy (non-hydrogen) atoms. The van der Waals surface area contributed by atoms with Crippen LogP contribution in [0.2, 0.25) is 0 Å². The number of rotatable bonds is 4. The average Bonchev–Trinajstić information content (AvgIpc) is 2.88. The first-order valence-corrected chi connectivity index (χ1v) is 5.36. The number of nitrogens with one attached hydrogen (secondary N) is 1. The molecule has 0 saturated carbocycles. The molecule has 0 unspecified atom stereocenters. The molecule has 1 heterocycles. The lowest BCUT2D eigenvalue weighted by molar-refractivity contribution is 0.547. The van der Waals surface area contributed by atoms with E-state index in [1.54, 1.807) is 12.5 Å². The summed E-state index contributed by atoms with van der Waals surface area (Å²) in [6, 6.07) is 6.02. The van der Waals surface area contributed by atoms with Crippen molar-refractivity contribution in [2.45, 2.75) is 0 Å². The summed E-state index contributed by atoms with van der Waals surface area (Å²) in [6.07, 6.45) is 8.81. The van der Waals surface area contributed by atoms with Gasteiger partial charge in [-0.15, -0.1) is 0 Å². The Morgan fingerprint density at radius 3 is 2.88 bits per heavy atom. The van der Waals surface area contributed by atoms with Crippen molar-refractivity contribution in [2.75, 3.05) is 12.4 Å². The monoisotopic (exact) mass is 226 g/mol. The van der Waals surface area contributed by atoms with E-state index in [4.69, 9.17) is 4.42 Å². The van der Waals surface area contributed by atoms with Gasteiger partial charge in [0.05, 0.1) is 6.20 Å². The van der Waals surface area contributed by atoms with Crippen LogP contribution in [-0.4, -0.2) is 12.0 Å². The van der Waals surface area contributed by atoms with Crippen LogP contribution in [0.1, 0.15) is 17.0 Å². The van der Waals surface area contributed by atoms with Gasteiger partial charge in [0.1, 0.15) is 6.26 Å². The zero-order chi connectivity index (χ0) is 12.1.